The minimum atomic E-state index is -0.0371. The third-order valence-corrected chi connectivity index (χ3v) is 3.01. The van der Waals surface area contributed by atoms with Crippen LogP contribution >= 0.6 is 12.2 Å². The lowest BCUT2D eigenvalue weighted by Gasteiger charge is -2.08. The smallest absolute Gasteiger partial charge is 0.207 e. The van der Waals surface area contributed by atoms with Crippen LogP contribution in [0.3, 0.4) is 0 Å². The molecule has 0 bridgehead atoms. The fourth-order valence-electron chi connectivity index (χ4n) is 1.90. The van der Waals surface area contributed by atoms with Gasteiger partial charge in [0.25, 0.3) is 0 Å². The Balaban J connectivity index is 2.16. The number of fused-ring (bicyclic) bond motifs is 1. The molecule has 0 saturated heterocycles. The number of benzene rings is 1. The number of para-hydroxylation sites is 1. The van der Waals surface area contributed by atoms with Crippen molar-refractivity contribution in [2.45, 2.75) is 25.8 Å². The second-order valence-corrected chi connectivity index (χ2v) is 4.70. The van der Waals surface area contributed by atoms with Crippen LogP contribution < -0.4 is 11.2 Å². The predicted molar refractivity (Wildman–Crippen MR) is 76.6 cm³/mol. The van der Waals surface area contributed by atoms with Gasteiger partial charge in [0.2, 0.25) is 5.43 Å². The number of rotatable bonds is 5. The lowest BCUT2D eigenvalue weighted by atomic mass is 10.2. The number of aryl methyl sites for hydroxylation is 1. The van der Waals surface area contributed by atoms with Gasteiger partial charge in [0.15, 0.2) is 0 Å². The van der Waals surface area contributed by atoms with Crippen molar-refractivity contribution in [3.63, 3.8) is 0 Å². The van der Waals surface area contributed by atoms with E-state index in [2.05, 4.69) is 5.10 Å². The number of unbranched alkanes of at least 4 members (excludes halogenated alkanes) is 1. The highest BCUT2D eigenvalue weighted by molar-refractivity contribution is 7.80. The summed E-state index contributed by atoms with van der Waals surface area (Å²) < 4.78 is 1.86. The Kier molecular flexibility index (Phi) is 4.04. The van der Waals surface area contributed by atoms with Gasteiger partial charge in [-0.05, 0) is 31.4 Å². The Morgan fingerprint density at radius 2 is 2.11 bits per heavy atom. The van der Waals surface area contributed by atoms with Crippen molar-refractivity contribution in [2.24, 2.45) is 5.73 Å². The van der Waals surface area contributed by atoms with Gasteiger partial charge in [-0.2, -0.15) is 5.10 Å². The maximum Gasteiger partial charge on any atom is 0.207 e. The molecule has 0 aliphatic rings. The summed E-state index contributed by atoms with van der Waals surface area (Å²) in [6.07, 6.45) is 4.01. The molecule has 0 radical (unpaired) electrons. The lowest BCUT2D eigenvalue weighted by molar-refractivity contribution is 0.571. The van der Waals surface area contributed by atoms with Crippen LogP contribution in [-0.2, 0) is 6.54 Å². The number of nitrogens with zero attached hydrogens (tertiary/aromatic N) is 2. The Morgan fingerprint density at radius 1 is 1.33 bits per heavy atom. The maximum atomic E-state index is 11.6. The number of hydrogen-bond acceptors (Lipinski definition) is 3. The summed E-state index contributed by atoms with van der Waals surface area (Å²) in [4.78, 5) is 12.2. The fourth-order valence-corrected chi connectivity index (χ4v) is 2.04. The Hall–Kier alpha value is -1.75. The highest BCUT2D eigenvalue weighted by atomic mass is 32.1. The molecular weight excluding hydrogens is 246 g/mol. The first kappa shape index (κ1) is 12.7. The minimum Gasteiger partial charge on any atom is -0.393 e. The summed E-state index contributed by atoms with van der Waals surface area (Å²) in [5, 5.41) is 4.87. The van der Waals surface area contributed by atoms with Gasteiger partial charge in [-0.15, -0.1) is 0 Å². The molecule has 0 amide bonds. The largest absolute Gasteiger partial charge is 0.393 e. The minimum absolute atomic E-state index is 0.0371. The highest BCUT2D eigenvalue weighted by Crippen LogP contribution is 2.09. The van der Waals surface area contributed by atoms with Crippen LogP contribution in [0.1, 0.15) is 19.3 Å². The first-order chi connectivity index (χ1) is 8.68. The van der Waals surface area contributed by atoms with Crippen molar-refractivity contribution >= 4 is 28.1 Å². The molecule has 2 aromatic rings. The SMILES string of the molecule is NC(=S)CCCCn1ncc(=O)c2ccccc21. The van der Waals surface area contributed by atoms with Crippen molar-refractivity contribution in [1.82, 2.24) is 9.78 Å². The summed E-state index contributed by atoms with van der Waals surface area (Å²) in [5.74, 6) is 0. The Morgan fingerprint density at radius 3 is 2.89 bits per heavy atom. The molecule has 0 saturated carbocycles. The lowest BCUT2D eigenvalue weighted by Crippen LogP contribution is -2.13. The van der Waals surface area contributed by atoms with E-state index in [-0.39, 0.29) is 5.43 Å². The first-order valence-electron chi connectivity index (χ1n) is 5.91. The summed E-state index contributed by atoms with van der Waals surface area (Å²) in [5.41, 5.74) is 6.29. The molecule has 0 unspecified atom stereocenters. The first-order valence-corrected chi connectivity index (χ1v) is 6.32. The zero-order chi connectivity index (χ0) is 13.0. The van der Waals surface area contributed by atoms with Gasteiger partial charge in [-0.3, -0.25) is 9.48 Å². The van der Waals surface area contributed by atoms with Crippen LogP contribution in [0.15, 0.2) is 35.3 Å². The fraction of sp³-hybridized carbons (Fsp3) is 0.308. The Bertz CT molecular complexity index is 621. The van der Waals surface area contributed by atoms with Crippen LogP contribution in [0.4, 0.5) is 0 Å². The second-order valence-electron chi connectivity index (χ2n) is 4.17. The van der Waals surface area contributed by atoms with Crippen LogP contribution in [0, 0.1) is 0 Å². The van der Waals surface area contributed by atoms with Crippen molar-refractivity contribution < 1.29 is 0 Å². The van der Waals surface area contributed by atoms with Crippen LogP contribution in [0.2, 0.25) is 0 Å². The normalized spacial score (nSPS) is 10.7. The van der Waals surface area contributed by atoms with Crippen LogP contribution in [0.5, 0.6) is 0 Å². The molecule has 1 heterocycles. The molecule has 0 aliphatic carbocycles. The van der Waals surface area contributed by atoms with Gasteiger partial charge < -0.3 is 5.73 Å². The third kappa shape index (κ3) is 2.92. The number of aromatic nitrogens is 2. The molecule has 0 atom stereocenters. The maximum absolute atomic E-state index is 11.6. The average Bonchev–Trinajstić information content (AvgIpc) is 2.37. The standard InChI is InChI=1S/C13H15N3OS/c14-13(18)7-3-4-8-16-11-6-2-1-5-10(11)12(17)9-15-16/h1-2,5-6,9H,3-4,7-8H2,(H2,14,18). The van der Waals surface area contributed by atoms with E-state index >= 15 is 0 Å². The molecule has 1 aromatic carbocycles. The molecular formula is C13H15N3OS. The van der Waals surface area contributed by atoms with Gasteiger partial charge in [0.1, 0.15) is 0 Å². The molecule has 5 heteroatoms. The van der Waals surface area contributed by atoms with Gasteiger partial charge in [-0.1, -0.05) is 24.4 Å². The topological polar surface area (TPSA) is 60.9 Å². The van der Waals surface area contributed by atoms with E-state index in [0.29, 0.717) is 10.4 Å². The molecule has 0 aliphatic heterocycles. The van der Waals surface area contributed by atoms with E-state index in [1.165, 1.54) is 6.20 Å². The van der Waals surface area contributed by atoms with E-state index in [4.69, 9.17) is 18.0 Å². The predicted octanol–water partition coefficient (Wildman–Crippen LogP) is 1.85. The second kappa shape index (κ2) is 5.73. The molecule has 2 N–H and O–H groups in total. The number of thiocarbonyl (C=S) groups is 1. The van der Waals surface area contributed by atoms with Crippen LogP contribution in [0.25, 0.3) is 10.9 Å². The zero-order valence-corrected chi connectivity index (χ0v) is 10.8. The molecule has 0 spiro atoms. The van der Waals surface area contributed by atoms with E-state index in [9.17, 15) is 4.79 Å². The molecule has 0 fully saturated rings. The van der Waals surface area contributed by atoms with Gasteiger partial charge in [0.05, 0.1) is 16.7 Å². The number of nitrogens with two attached hydrogens (primary N) is 1. The van der Waals surface area contributed by atoms with E-state index < -0.39 is 0 Å². The molecule has 2 rings (SSSR count). The summed E-state index contributed by atoms with van der Waals surface area (Å²) in [6.45, 7) is 0.767. The van der Waals surface area contributed by atoms with E-state index in [1.807, 2.05) is 28.9 Å². The molecule has 1 aromatic heterocycles. The van der Waals surface area contributed by atoms with Crippen molar-refractivity contribution in [3.05, 3.63) is 40.7 Å². The van der Waals surface area contributed by atoms with E-state index in [0.717, 1.165) is 31.3 Å². The summed E-state index contributed by atoms with van der Waals surface area (Å²) >= 11 is 4.83. The Labute approximate surface area is 110 Å². The van der Waals surface area contributed by atoms with Crippen molar-refractivity contribution in [1.29, 1.82) is 0 Å². The number of hydrogen-bond donors (Lipinski definition) is 1. The van der Waals surface area contributed by atoms with Gasteiger partial charge in [0, 0.05) is 11.9 Å². The zero-order valence-electron chi connectivity index (χ0n) is 10.0. The van der Waals surface area contributed by atoms with Crippen LogP contribution in [-0.4, -0.2) is 14.8 Å². The van der Waals surface area contributed by atoms with Gasteiger partial charge in [-0.25, -0.2) is 0 Å². The monoisotopic (exact) mass is 261 g/mol. The van der Waals surface area contributed by atoms with E-state index in [1.54, 1.807) is 0 Å². The average molecular weight is 261 g/mol. The summed E-state index contributed by atoms with van der Waals surface area (Å²) in [7, 11) is 0. The summed E-state index contributed by atoms with van der Waals surface area (Å²) in [6, 6.07) is 7.51. The van der Waals surface area contributed by atoms with Crippen molar-refractivity contribution in [3.8, 4) is 0 Å². The molecule has 18 heavy (non-hydrogen) atoms. The molecule has 94 valence electrons. The third-order valence-electron chi connectivity index (χ3n) is 2.81. The van der Waals surface area contributed by atoms with Crippen molar-refractivity contribution in [2.75, 3.05) is 0 Å². The quantitative estimate of drug-likeness (QED) is 0.659. The van der Waals surface area contributed by atoms with Gasteiger partial charge >= 0.3 is 0 Å². The highest BCUT2D eigenvalue weighted by Gasteiger charge is 2.02. The molecule has 4 nitrogen and oxygen atoms in total.